The van der Waals surface area contributed by atoms with Crippen LogP contribution in [0, 0.1) is 0 Å². The molecule has 0 N–H and O–H groups in total. The van der Waals surface area contributed by atoms with E-state index in [0.717, 1.165) is 11.0 Å². The average molecular weight is 259 g/mol. The van der Waals surface area contributed by atoms with Gasteiger partial charge in [-0.3, -0.25) is 4.79 Å². The molecule has 0 spiro atoms. The summed E-state index contributed by atoms with van der Waals surface area (Å²) in [4.78, 5) is 29.4. The number of fused-ring (bicyclic) bond motifs is 3. The van der Waals surface area contributed by atoms with Crippen molar-refractivity contribution in [2.75, 3.05) is 18.1 Å². The number of Topliss-reactive ketones (excluding diaryl/α,β-unsaturated/α-hetero) is 1. The number of anilines is 1. The van der Waals surface area contributed by atoms with Gasteiger partial charge >= 0.3 is 6.09 Å². The van der Waals surface area contributed by atoms with Gasteiger partial charge in [-0.1, -0.05) is 12.1 Å². The maximum absolute atomic E-state index is 11.9. The van der Waals surface area contributed by atoms with Crippen LogP contribution in [0.1, 0.15) is 6.92 Å². The second-order valence-corrected chi connectivity index (χ2v) is 4.31. The lowest BCUT2D eigenvalue weighted by Crippen LogP contribution is -2.43. The van der Waals surface area contributed by atoms with E-state index in [1.807, 2.05) is 24.3 Å². The molecule has 3 rings (SSSR count). The third-order valence-corrected chi connectivity index (χ3v) is 3.03. The molecule has 0 radical (unpaired) electrons. The summed E-state index contributed by atoms with van der Waals surface area (Å²) in [5.74, 6) is 0.433. The van der Waals surface area contributed by atoms with E-state index in [0.29, 0.717) is 5.95 Å². The van der Waals surface area contributed by atoms with E-state index in [9.17, 15) is 9.59 Å². The fourth-order valence-corrected chi connectivity index (χ4v) is 2.25. The normalized spacial score (nSPS) is 14.6. The van der Waals surface area contributed by atoms with E-state index in [-0.39, 0.29) is 25.5 Å². The van der Waals surface area contributed by atoms with Crippen molar-refractivity contribution < 1.29 is 14.3 Å². The predicted molar refractivity (Wildman–Crippen MR) is 69.1 cm³/mol. The molecule has 0 fully saturated rings. The molecule has 0 unspecified atom stereocenters. The third-order valence-electron chi connectivity index (χ3n) is 3.03. The molecule has 0 saturated carbocycles. The van der Waals surface area contributed by atoms with Gasteiger partial charge in [-0.05, 0) is 19.1 Å². The number of aromatic nitrogens is 2. The molecule has 19 heavy (non-hydrogen) atoms. The highest BCUT2D eigenvalue weighted by atomic mass is 16.6. The molecule has 1 aromatic heterocycles. The lowest BCUT2D eigenvalue weighted by Gasteiger charge is -2.25. The Morgan fingerprint density at radius 3 is 2.95 bits per heavy atom. The van der Waals surface area contributed by atoms with Crippen LogP contribution in [0.15, 0.2) is 24.3 Å². The second-order valence-electron chi connectivity index (χ2n) is 4.31. The number of ether oxygens (including phenoxy) is 1. The number of hydrogen-bond acceptors (Lipinski definition) is 4. The minimum atomic E-state index is -0.535. The summed E-state index contributed by atoms with van der Waals surface area (Å²) >= 11 is 0. The zero-order valence-electron chi connectivity index (χ0n) is 10.5. The fraction of sp³-hybridized carbons (Fsp3) is 0.308. The van der Waals surface area contributed by atoms with Gasteiger partial charge in [0.2, 0.25) is 5.95 Å². The van der Waals surface area contributed by atoms with Crippen molar-refractivity contribution >= 4 is 28.9 Å². The monoisotopic (exact) mass is 259 g/mol. The van der Waals surface area contributed by atoms with E-state index >= 15 is 0 Å². The van der Waals surface area contributed by atoms with E-state index in [2.05, 4.69) is 4.98 Å². The van der Waals surface area contributed by atoms with Crippen molar-refractivity contribution in [2.45, 2.75) is 13.5 Å². The Morgan fingerprint density at radius 1 is 1.37 bits per heavy atom. The van der Waals surface area contributed by atoms with Crippen molar-refractivity contribution in [3.05, 3.63) is 24.3 Å². The SMILES string of the molecule is CCOC(=O)N1CC(=O)Cn2c1nc1ccccc12. The highest BCUT2D eigenvalue weighted by Crippen LogP contribution is 2.25. The van der Waals surface area contributed by atoms with Crippen LogP contribution in [0.2, 0.25) is 0 Å². The smallest absolute Gasteiger partial charge is 0.417 e. The predicted octanol–water partition coefficient (Wildman–Crippen LogP) is 1.58. The number of rotatable bonds is 1. The standard InChI is InChI=1S/C13H13N3O3/c1-2-19-13(18)16-8-9(17)7-15-11-6-4-3-5-10(11)14-12(15)16/h3-6H,2,7-8H2,1H3. The zero-order valence-corrected chi connectivity index (χ0v) is 10.5. The Morgan fingerprint density at radius 2 is 2.16 bits per heavy atom. The van der Waals surface area contributed by atoms with Gasteiger partial charge in [0.1, 0.15) is 0 Å². The molecule has 1 aliphatic rings. The number of imidazole rings is 1. The van der Waals surface area contributed by atoms with Gasteiger partial charge in [-0.15, -0.1) is 0 Å². The molecule has 6 heteroatoms. The van der Waals surface area contributed by atoms with E-state index in [1.165, 1.54) is 4.90 Å². The van der Waals surface area contributed by atoms with Crippen LogP contribution in [0.25, 0.3) is 11.0 Å². The first kappa shape index (κ1) is 11.7. The topological polar surface area (TPSA) is 64.4 Å². The van der Waals surface area contributed by atoms with Crippen LogP contribution >= 0.6 is 0 Å². The molecule has 2 heterocycles. The highest BCUT2D eigenvalue weighted by molar-refractivity contribution is 5.99. The highest BCUT2D eigenvalue weighted by Gasteiger charge is 2.30. The molecule has 1 aliphatic heterocycles. The van der Waals surface area contributed by atoms with Gasteiger partial charge in [0.15, 0.2) is 5.78 Å². The Balaban J connectivity index is 2.13. The third kappa shape index (κ3) is 1.85. The summed E-state index contributed by atoms with van der Waals surface area (Å²) in [6.07, 6.45) is -0.535. The van der Waals surface area contributed by atoms with Crippen LogP contribution < -0.4 is 4.90 Å². The summed E-state index contributed by atoms with van der Waals surface area (Å²) in [6.45, 7) is 2.25. The van der Waals surface area contributed by atoms with Crippen LogP contribution in [0.5, 0.6) is 0 Å². The first-order valence-electron chi connectivity index (χ1n) is 6.12. The summed E-state index contributed by atoms with van der Waals surface area (Å²) in [5.41, 5.74) is 1.61. The van der Waals surface area contributed by atoms with Gasteiger partial charge in [-0.2, -0.15) is 0 Å². The number of ketones is 1. The molecule has 1 aromatic carbocycles. The molecular weight excluding hydrogens is 246 g/mol. The summed E-state index contributed by atoms with van der Waals surface area (Å²) < 4.78 is 6.71. The molecule has 0 atom stereocenters. The molecule has 98 valence electrons. The Hall–Kier alpha value is -2.37. The molecule has 0 bridgehead atoms. The van der Waals surface area contributed by atoms with E-state index in [4.69, 9.17) is 4.74 Å². The Kier molecular flexibility index (Phi) is 2.70. The first-order valence-corrected chi connectivity index (χ1v) is 6.12. The number of nitrogens with zero attached hydrogens (tertiary/aromatic N) is 3. The minimum absolute atomic E-state index is 0.0160. The van der Waals surface area contributed by atoms with E-state index in [1.54, 1.807) is 11.5 Å². The first-order chi connectivity index (χ1) is 9.20. The number of hydrogen-bond donors (Lipinski definition) is 0. The van der Waals surface area contributed by atoms with Crippen molar-refractivity contribution in [2.24, 2.45) is 0 Å². The van der Waals surface area contributed by atoms with Crippen molar-refractivity contribution in [3.63, 3.8) is 0 Å². The van der Waals surface area contributed by atoms with Gasteiger partial charge in [0.05, 0.1) is 30.7 Å². The summed E-state index contributed by atoms with van der Waals surface area (Å²) in [5, 5.41) is 0. The quantitative estimate of drug-likeness (QED) is 0.780. The van der Waals surface area contributed by atoms with Crippen molar-refractivity contribution in [1.82, 2.24) is 9.55 Å². The van der Waals surface area contributed by atoms with Crippen LogP contribution in [-0.2, 0) is 16.1 Å². The lowest BCUT2D eigenvalue weighted by atomic mass is 10.3. The summed E-state index contributed by atoms with van der Waals surface area (Å²) in [6, 6.07) is 7.49. The zero-order chi connectivity index (χ0) is 13.4. The summed E-state index contributed by atoms with van der Waals surface area (Å²) in [7, 11) is 0. The van der Waals surface area contributed by atoms with Crippen molar-refractivity contribution in [3.8, 4) is 0 Å². The number of amides is 1. The second kappa shape index (κ2) is 4.38. The molecular formula is C13H13N3O3. The molecule has 0 aliphatic carbocycles. The van der Waals surface area contributed by atoms with Crippen LogP contribution in [0.3, 0.4) is 0 Å². The largest absolute Gasteiger partial charge is 0.449 e. The van der Waals surface area contributed by atoms with Gasteiger partial charge in [0, 0.05) is 0 Å². The molecule has 6 nitrogen and oxygen atoms in total. The van der Waals surface area contributed by atoms with Gasteiger partial charge in [-0.25, -0.2) is 14.7 Å². The van der Waals surface area contributed by atoms with Crippen LogP contribution in [0.4, 0.5) is 10.7 Å². The molecule has 2 aromatic rings. The number of carbonyl (C=O) groups excluding carboxylic acids is 2. The fourth-order valence-electron chi connectivity index (χ4n) is 2.25. The maximum atomic E-state index is 11.9. The van der Waals surface area contributed by atoms with Crippen LogP contribution in [-0.4, -0.2) is 34.6 Å². The number of para-hydroxylation sites is 2. The molecule has 1 amide bonds. The Labute approximate surface area is 109 Å². The molecule has 0 saturated heterocycles. The average Bonchev–Trinajstić information content (AvgIpc) is 2.77. The van der Waals surface area contributed by atoms with Crippen molar-refractivity contribution in [1.29, 1.82) is 0 Å². The maximum Gasteiger partial charge on any atom is 0.417 e. The van der Waals surface area contributed by atoms with E-state index < -0.39 is 6.09 Å². The minimum Gasteiger partial charge on any atom is -0.449 e. The number of benzene rings is 1. The Bertz CT molecular complexity index is 662. The van der Waals surface area contributed by atoms with Gasteiger partial charge in [0.25, 0.3) is 0 Å². The number of carbonyl (C=O) groups is 2. The lowest BCUT2D eigenvalue weighted by molar-refractivity contribution is -0.118. The van der Waals surface area contributed by atoms with Gasteiger partial charge < -0.3 is 9.30 Å².